The van der Waals surface area contributed by atoms with Crippen LogP contribution in [-0.2, 0) is 6.18 Å². The molecule has 0 spiro atoms. The van der Waals surface area contributed by atoms with Crippen LogP contribution < -0.4 is 5.73 Å². The van der Waals surface area contributed by atoms with Crippen LogP contribution in [0.1, 0.15) is 28.0 Å². The number of aromatic nitrogens is 2. The average molecular weight is 338 g/mol. The van der Waals surface area contributed by atoms with Crippen LogP contribution in [0.25, 0.3) is 5.69 Å². The maximum atomic E-state index is 12.9. The number of carbonyl (C=O) groups is 1. The third-order valence-electron chi connectivity index (χ3n) is 4.17. The summed E-state index contributed by atoms with van der Waals surface area (Å²) in [5.74, 6) is -0.196. The Balaban J connectivity index is 1.92. The second kappa shape index (κ2) is 5.94. The van der Waals surface area contributed by atoms with Gasteiger partial charge < -0.3 is 10.6 Å². The predicted molar refractivity (Wildman–Crippen MR) is 81.8 cm³/mol. The van der Waals surface area contributed by atoms with Gasteiger partial charge in [0.1, 0.15) is 0 Å². The molecule has 24 heavy (non-hydrogen) atoms. The SMILES string of the molecule is Cc1c(C(=O)N2CC[C@@H](N)C2)cnn1-c1cccc(C(F)(F)F)c1. The number of amides is 1. The molecule has 1 aromatic carbocycles. The van der Waals surface area contributed by atoms with E-state index in [1.54, 1.807) is 11.8 Å². The second-order valence-electron chi connectivity index (χ2n) is 5.90. The standard InChI is InChI=1S/C16H17F3N4O/c1-10-14(15(24)22-6-5-12(20)9-22)8-21-23(10)13-4-2-3-11(7-13)16(17,18)19/h2-4,7-8,12H,5-6,9,20H2,1H3/t12-/m1/s1. The number of rotatable bonds is 2. The second-order valence-corrected chi connectivity index (χ2v) is 5.90. The first-order valence-corrected chi connectivity index (χ1v) is 7.54. The number of nitrogens with zero attached hydrogens (tertiary/aromatic N) is 3. The Labute approximate surface area is 136 Å². The van der Waals surface area contributed by atoms with Gasteiger partial charge in [0.15, 0.2) is 0 Å². The normalized spacial score (nSPS) is 18.2. The van der Waals surface area contributed by atoms with E-state index in [1.807, 2.05) is 0 Å². The van der Waals surface area contributed by atoms with Gasteiger partial charge in [-0.2, -0.15) is 18.3 Å². The third-order valence-corrected chi connectivity index (χ3v) is 4.17. The van der Waals surface area contributed by atoms with Crippen LogP contribution in [0, 0.1) is 6.92 Å². The fourth-order valence-electron chi connectivity index (χ4n) is 2.84. The number of nitrogens with two attached hydrogens (primary N) is 1. The highest BCUT2D eigenvalue weighted by atomic mass is 19.4. The molecule has 1 aliphatic rings. The molecule has 0 saturated carbocycles. The average Bonchev–Trinajstić information content (AvgIpc) is 3.12. The lowest BCUT2D eigenvalue weighted by Gasteiger charge is -2.15. The molecule has 0 aliphatic carbocycles. The van der Waals surface area contributed by atoms with Crippen molar-refractivity contribution in [1.82, 2.24) is 14.7 Å². The van der Waals surface area contributed by atoms with Gasteiger partial charge in [0, 0.05) is 19.1 Å². The quantitative estimate of drug-likeness (QED) is 0.914. The summed E-state index contributed by atoms with van der Waals surface area (Å²) >= 11 is 0. The number of halogens is 3. The monoisotopic (exact) mass is 338 g/mol. The van der Waals surface area contributed by atoms with Gasteiger partial charge >= 0.3 is 6.18 Å². The summed E-state index contributed by atoms with van der Waals surface area (Å²) in [4.78, 5) is 14.2. The lowest BCUT2D eigenvalue weighted by atomic mass is 10.2. The number of hydrogen-bond donors (Lipinski definition) is 1. The van der Waals surface area contributed by atoms with Crippen molar-refractivity contribution in [2.75, 3.05) is 13.1 Å². The molecule has 5 nitrogen and oxygen atoms in total. The van der Waals surface area contributed by atoms with Crippen molar-refractivity contribution in [3.05, 3.63) is 47.3 Å². The minimum absolute atomic E-state index is 0.0345. The maximum absolute atomic E-state index is 12.9. The molecular weight excluding hydrogens is 321 g/mol. The highest BCUT2D eigenvalue weighted by Gasteiger charge is 2.31. The summed E-state index contributed by atoms with van der Waals surface area (Å²) in [5.41, 5.74) is 6.19. The van der Waals surface area contributed by atoms with Crippen LogP contribution >= 0.6 is 0 Å². The molecular formula is C16H17F3N4O. The Bertz CT molecular complexity index is 769. The zero-order valence-corrected chi connectivity index (χ0v) is 13.0. The third kappa shape index (κ3) is 3.01. The number of hydrogen-bond acceptors (Lipinski definition) is 3. The van der Waals surface area contributed by atoms with Crippen molar-refractivity contribution in [1.29, 1.82) is 0 Å². The van der Waals surface area contributed by atoms with Gasteiger partial charge in [-0.1, -0.05) is 6.07 Å². The molecule has 1 saturated heterocycles. The molecule has 1 fully saturated rings. The summed E-state index contributed by atoms with van der Waals surface area (Å²) < 4.78 is 39.9. The molecule has 128 valence electrons. The van der Waals surface area contributed by atoms with Crippen LogP contribution in [0.2, 0.25) is 0 Å². The lowest BCUT2D eigenvalue weighted by molar-refractivity contribution is -0.137. The molecule has 8 heteroatoms. The van der Waals surface area contributed by atoms with E-state index in [1.165, 1.54) is 23.0 Å². The largest absolute Gasteiger partial charge is 0.416 e. The van der Waals surface area contributed by atoms with E-state index >= 15 is 0 Å². The van der Waals surface area contributed by atoms with E-state index in [0.717, 1.165) is 18.6 Å². The molecule has 1 aliphatic heterocycles. The smallest absolute Gasteiger partial charge is 0.337 e. The van der Waals surface area contributed by atoms with Crippen LogP contribution in [0.15, 0.2) is 30.5 Å². The minimum Gasteiger partial charge on any atom is -0.337 e. The van der Waals surface area contributed by atoms with Gasteiger partial charge in [0.25, 0.3) is 5.91 Å². The van der Waals surface area contributed by atoms with Gasteiger partial charge in [0.2, 0.25) is 0 Å². The van der Waals surface area contributed by atoms with Gasteiger partial charge in [0.05, 0.1) is 28.7 Å². The topological polar surface area (TPSA) is 64.2 Å². The van der Waals surface area contributed by atoms with Crippen molar-refractivity contribution in [3.8, 4) is 5.69 Å². The van der Waals surface area contributed by atoms with E-state index in [4.69, 9.17) is 5.73 Å². The van der Waals surface area contributed by atoms with Crippen LogP contribution in [0.3, 0.4) is 0 Å². The Morgan fingerprint density at radius 2 is 2.12 bits per heavy atom. The first kappa shape index (κ1) is 16.5. The fraction of sp³-hybridized carbons (Fsp3) is 0.375. The molecule has 0 unspecified atom stereocenters. The predicted octanol–water partition coefficient (Wildman–Crippen LogP) is 2.37. The Hall–Kier alpha value is -2.35. The van der Waals surface area contributed by atoms with Crippen molar-refractivity contribution in [2.45, 2.75) is 25.6 Å². The number of benzene rings is 1. The van der Waals surface area contributed by atoms with Crippen LogP contribution in [0.5, 0.6) is 0 Å². The molecule has 2 heterocycles. The number of likely N-dealkylation sites (tertiary alicyclic amines) is 1. The Morgan fingerprint density at radius 3 is 2.75 bits per heavy atom. The van der Waals surface area contributed by atoms with Crippen LogP contribution in [-0.4, -0.2) is 39.7 Å². The molecule has 1 atom stereocenters. The Kier molecular flexibility index (Phi) is 4.08. The van der Waals surface area contributed by atoms with Gasteiger partial charge in [-0.05, 0) is 31.5 Å². The van der Waals surface area contributed by atoms with Crippen molar-refractivity contribution < 1.29 is 18.0 Å². The van der Waals surface area contributed by atoms with Crippen LogP contribution in [0.4, 0.5) is 13.2 Å². The zero-order chi connectivity index (χ0) is 17.5. The van der Waals surface area contributed by atoms with Gasteiger partial charge in [-0.25, -0.2) is 4.68 Å². The summed E-state index contributed by atoms with van der Waals surface area (Å²) in [6.07, 6.45) is -2.30. The molecule has 2 N–H and O–H groups in total. The van der Waals surface area contributed by atoms with E-state index in [2.05, 4.69) is 5.10 Å². The highest BCUT2D eigenvalue weighted by Crippen LogP contribution is 2.30. The fourth-order valence-corrected chi connectivity index (χ4v) is 2.84. The minimum atomic E-state index is -4.43. The summed E-state index contributed by atoms with van der Waals surface area (Å²) in [5, 5.41) is 4.09. The Morgan fingerprint density at radius 1 is 1.38 bits per heavy atom. The maximum Gasteiger partial charge on any atom is 0.416 e. The summed E-state index contributed by atoms with van der Waals surface area (Å²) in [6, 6.07) is 4.82. The van der Waals surface area contributed by atoms with E-state index in [-0.39, 0.29) is 17.6 Å². The molecule has 1 aromatic heterocycles. The molecule has 0 radical (unpaired) electrons. The van der Waals surface area contributed by atoms with E-state index < -0.39 is 11.7 Å². The lowest BCUT2D eigenvalue weighted by Crippen LogP contribution is -2.32. The van der Waals surface area contributed by atoms with Crippen molar-refractivity contribution in [3.63, 3.8) is 0 Å². The van der Waals surface area contributed by atoms with E-state index in [9.17, 15) is 18.0 Å². The highest BCUT2D eigenvalue weighted by molar-refractivity contribution is 5.95. The van der Waals surface area contributed by atoms with Gasteiger partial charge in [-0.15, -0.1) is 0 Å². The molecule has 0 bridgehead atoms. The number of carbonyl (C=O) groups excluding carboxylic acids is 1. The zero-order valence-electron chi connectivity index (χ0n) is 13.0. The molecule has 1 amide bonds. The number of alkyl halides is 3. The first-order chi connectivity index (χ1) is 11.3. The van der Waals surface area contributed by atoms with Crippen molar-refractivity contribution in [2.24, 2.45) is 5.73 Å². The van der Waals surface area contributed by atoms with E-state index in [0.29, 0.717) is 24.3 Å². The van der Waals surface area contributed by atoms with Gasteiger partial charge in [-0.3, -0.25) is 4.79 Å². The first-order valence-electron chi connectivity index (χ1n) is 7.54. The summed E-state index contributed by atoms with van der Waals surface area (Å²) in [6.45, 7) is 2.72. The molecule has 2 aromatic rings. The molecule has 3 rings (SSSR count). The summed E-state index contributed by atoms with van der Waals surface area (Å²) in [7, 11) is 0. The van der Waals surface area contributed by atoms with Crippen molar-refractivity contribution >= 4 is 5.91 Å².